The molecule has 1 heterocycles. The Morgan fingerprint density at radius 2 is 1.73 bits per heavy atom. The Balaban J connectivity index is 1.46. The Morgan fingerprint density at radius 3 is 2.42 bits per heavy atom. The van der Waals surface area contributed by atoms with E-state index in [9.17, 15) is 14.0 Å². The molecule has 5 nitrogen and oxygen atoms in total. The average Bonchev–Trinajstić information content (AvgIpc) is 3.01. The van der Waals surface area contributed by atoms with Gasteiger partial charge in [0.2, 0.25) is 5.91 Å². The lowest BCUT2D eigenvalue weighted by atomic mass is 9.95. The molecule has 1 atom stereocenters. The fraction of sp³-hybridized carbons (Fsp3) is 0.259. The molecule has 4 rings (SSSR count). The zero-order valence-corrected chi connectivity index (χ0v) is 18.6. The smallest absolute Gasteiger partial charge is 0.253 e. The molecule has 0 bridgehead atoms. The van der Waals surface area contributed by atoms with Crippen LogP contribution in [0.2, 0.25) is 0 Å². The van der Waals surface area contributed by atoms with E-state index < -0.39 is 0 Å². The molecule has 0 aromatic heterocycles. The van der Waals surface area contributed by atoms with Crippen LogP contribution in [-0.2, 0) is 22.6 Å². The van der Waals surface area contributed by atoms with Crippen LogP contribution in [0.5, 0.6) is 0 Å². The van der Waals surface area contributed by atoms with Gasteiger partial charge in [-0.1, -0.05) is 54.6 Å². The molecule has 170 valence electrons. The number of ether oxygens (including phenoxy) is 1. The Labute approximate surface area is 193 Å². The van der Waals surface area contributed by atoms with Crippen molar-refractivity contribution < 1.29 is 18.7 Å². The summed E-state index contributed by atoms with van der Waals surface area (Å²) in [6.07, 6.45) is 0.500. The number of hydrogen-bond donors (Lipinski definition) is 1. The molecule has 2 amide bonds. The molecule has 0 radical (unpaired) electrons. The highest BCUT2D eigenvalue weighted by atomic mass is 19.1. The molecule has 0 aliphatic carbocycles. The van der Waals surface area contributed by atoms with Gasteiger partial charge in [-0.3, -0.25) is 9.59 Å². The number of rotatable bonds is 6. The fourth-order valence-corrected chi connectivity index (χ4v) is 4.13. The lowest BCUT2D eigenvalue weighted by molar-refractivity contribution is -0.124. The zero-order chi connectivity index (χ0) is 23.2. The lowest BCUT2D eigenvalue weighted by Gasteiger charge is -2.23. The number of carbonyl (C=O) groups excluding carboxylic acids is 2. The minimum atomic E-state index is -0.358. The van der Waals surface area contributed by atoms with Gasteiger partial charge in [-0.15, -0.1) is 0 Å². The molecule has 3 aromatic rings. The second-order valence-electron chi connectivity index (χ2n) is 8.25. The molecule has 1 N–H and O–H groups in total. The Hall–Kier alpha value is -3.51. The van der Waals surface area contributed by atoms with E-state index in [0.717, 1.165) is 16.7 Å². The summed E-state index contributed by atoms with van der Waals surface area (Å²) in [6.45, 7) is 1.73. The minimum absolute atomic E-state index is 0.0566. The van der Waals surface area contributed by atoms with Crippen LogP contribution in [-0.4, -0.2) is 43.5 Å². The molecule has 1 saturated heterocycles. The second kappa shape index (κ2) is 10.4. The van der Waals surface area contributed by atoms with Crippen molar-refractivity contribution in [2.75, 3.05) is 26.7 Å². The van der Waals surface area contributed by atoms with Gasteiger partial charge in [0, 0.05) is 37.9 Å². The number of hydrogen-bond acceptors (Lipinski definition) is 3. The third-order valence-corrected chi connectivity index (χ3v) is 5.91. The van der Waals surface area contributed by atoms with Crippen LogP contribution in [0.15, 0.2) is 72.8 Å². The van der Waals surface area contributed by atoms with Gasteiger partial charge in [-0.2, -0.15) is 0 Å². The van der Waals surface area contributed by atoms with E-state index in [1.807, 2.05) is 36.4 Å². The van der Waals surface area contributed by atoms with Crippen LogP contribution in [0.1, 0.15) is 21.5 Å². The minimum Gasteiger partial charge on any atom is -0.380 e. The van der Waals surface area contributed by atoms with E-state index >= 15 is 0 Å². The quantitative estimate of drug-likeness (QED) is 0.621. The van der Waals surface area contributed by atoms with E-state index in [1.165, 1.54) is 6.07 Å². The topological polar surface area (TPSA) is 58.6 Å². The van der Waals surface area contributed by atoms with E-state index in [-0.39, 0.29) is 23.5 Å². The zero-order valence-electron chi connectivity index (χ0n) is 18.6. The van der Waals surface area contributed by atoms with Gasteiger partial charge in [-0.05, 0) is 41.3 Å². The summed E-state index contributed by atoms with van der Waals surface area (Å²) < 4.78 is 19.2. The molecule has 0 saturated carbocycles. The van der Waals surface area contributed by atoms with E-state index in [0.29, 0.717) is 43.8 Å². The first kappa shape index (κ1) is 22.7. The Morgan fingerprint density at radius 1 is 1.03 bits per heavy atom. The van der Waals surface area contributed by atoms with E-state index in [1.54, 1.807) is 42.3 Å². The SMILES string of the molecule is COCc1ccc(C(=O)N2CCNC(=O)[C@@H](Cc3ccc(-c4ccccc4F)cc3)C2)cc1. The van der Waals surface area contributed by atoms with Gasteiger partial charge in [0.1, 0.15) is 5.82 Å². The Bertz CT molecular complexity index is 1110. The highest BCUT2D eigenvalue weighted by molar-refractivity contribution is 5.95. The predicted octanol–water partition coefficient (Wildman–Crippen LogP) is 4.07. The van der Waals surface area contributed by atoms with Crippen LogP contribution in [0.3, 0.4) is 0 Å². The summed E-state index contributed by atoms with van der Waals surface area (Å²) in [7, 11) is 1.63. The van der Waals surface area contributed by atoms with Crippen LogP contribution >= 0.6 is 0 Å². The van der Waals surface area contributed by atoms with Crippen molar-refractivity contribution >= 4 is 11.8 Å². The second-order valence-corrected chi connectivity index (χ2v) is 8.25. The van der Waals surface area contributed by atoms with Crippen molar-refractivity contribution in [3.63, 3.8) is 0 Å². The third-order valence-electron chi connectivity index (χ3n) is 5.91. The molecule has 1 fully saturated rings. The van der Waals surface area contributed by atoms with Crippen molar-refractivity contribution in [1.82, 2.24) is 10.2 Å². The van der Waals surface area contributed by atoms with Gasteiger partial charge in [0.05, 0.1) is 12.5 Å². The molecular weight excluding hydrogens is 419 g/mol. The number of carbonyl (C=O) groups is 2. The van der Waals surface area contributed by atoms with Crippen molar-refractivity contribution in [1.29, 1.82) is 0 Å². The number of nitrogens with zero attached hydrogens (tertiary/aromatic N) is 1. The number of methoxy groups -OCH3 is 1. The standard InChI is InChI=1S/C27H27FN2O3/c1-33-18-20-8-12-22(13-9-20)27(32)30-15-14-29-26(31)23(17-30)16-19-6-10-21(11-7-19)24-4-2-3-5-25(24)28/h2-13,23H,14-18H2,1H3,(H,29,31)/t23-/m0/s1. The number of nitrogens with one attached hydrogen (secondary N) is 1. The first-order chi connectivity index (χ1) is 16.0. The van der Waals surface area contributed by atoms with Gasteiger partial charge in [0.25, 0.3) is 5.91 Å². The maximum atomic E-state index is 14.1. The normalized spacial score (nSPS) is 16.2. The monoisotopic (exact) mass is 446 g/mol. The highest BCUT2D eigenvalue weighted by Crippen LogP contribution is 2.24. The van der Waals surface area contributed by atoms with E-state index in [4.69, 9.17) is 4.74 Å². The molecule has 1 aliphatic rings. The van der Waals surface area contributed by atoms with Gasteiger partial charge >= 0.3 is 0 Å². The number of amides is 2. The molecule has 1 aliphatic heterocycles. The molecule has 3 aromatic carbocycles. The van der Waals surface area contributed by atoms with Crippen LogP contribution in [0.4, 0.5) is 4.39 Å². The largest absolute Gasteiger partial charge is 0.380 e. The summed E-state index contributed by atoms with van der Waals surface area (Å²) in [5.74, 6) is -0.768. The van der Waals surface area contributed by atoms with Crippen molar-refractivity contribution in [2.45, 2.75) is 13.0 Å². The molecule has 0 spiro atoms. The molecular formula is C27H27FN2O3. The predicted molar refractivity (Wildman–Crippen MR) is 125 cm³/mol. The van der Waals surface area contributed by atoms with Crippen LogP contribution in [0, 0.1) is 11.7 Å². The molecule has 33 heavy (non-hydrogen) atoms. The van der Waals surface area contributed by atoms with Crippen LogP contribution in [0.25, 0.3) is 11.1 Å². The number of halogens is 1. The van der Waals surface area contributed by atoms with Gasteiger partial charge in [-0.25, -0.2) is 4.39 Å². The number of benzene rings is 3. The summed E-state index contributed by atoms with van der Waals surface area (Å²) >= 11 is 0. The van der Waals surface area contributed by atoms with Crippen LogP contribution < -0.4 is 5.32 Å². The highest BCUT2D eigenvalue weighted by Gasteiger charge is 2.28. The maximum absolute atomic E-state index is 14.1. The van der Waals surface area contributed by atoms with Crippen molar-refractivity contribution in [3.05, 3.63) is 95.3 Å². The Kier molecular flexibility index (Phi) is 7.15. The third kappa shape index (κ3) is 5.46. The summed E-state index contributed by atoms with van der Waals surface area (Å²) in [6, 6.07) is 21.6. The first-order valence-corrected chi connectivity index (χ1v) is 11.0. The van der Waals surface area contributed by atoms with Crippen molar-refractivity contribution in [2.24, 2.45) is 5.92 Å². The maximum Gasteiger partial charge on any atom is 0.253 e. The summed E-state index contributed by atoms with van der Waals surface area (Å²) in [5, 5.41) is 2.92. The first-order valence-electron chi connectivity index (χ1n) is 11.0. The fourth-order valence-electron chi connectivity index (χ4n) is 4.13. The average molecular weight is 447 g/mol. The van der Waals surface area contributed by atoms with Gasteiger partial charge < -0.3 is 15.0 Å². The summed E-state index contributed by atoms with van der Waals surface area (Å²) in [5.41, 5.74) is 3.89. The lowest BCUT2D eigenvalue weighted by Crippen LogP contribution is -2.37. The van der Waals surface area contributed by atoms with Gasteiger partial charge in [0.15, 0.2) is 0 Å². The molecule has 6 heteroatoms. The van der Waals surface area contributed by atoms with Crippen molar-refractivity contribution in [3.8, 4) is 11.1 Å². The van der Waals surface area contributed by atoms with E-state index in [2.05, 4.69) is 5.32 Å². The summed E-state index contributed by atoms with van der Waals surface area (Å²) in [4.78, 5) is 27.5. The molecule has 0 unspecified atom stereocenters.